The number of hydrogen-bond donors (Lipinski definition) is 1. The highest BCUT2D eigenvalue weighted by atomic mass is 16.5. The first-order chi connectivity index (χ1) is 11.2. The summed E-state index contributed by atoms with van der Waals surface area (Å²) in [4.78, 5) is 12.9. The van der Waals surface area contributed by atoms with Crippen molar-refractivity contribution < 1.29 is 24.2 Å². The summed E-state index contributed by atoms with van der Waals surface area (Å²) >= 11 is 0. The lowest BCUT2D eigenvalue weighted by molar-refractivity contribution is 0.0501. The lowest BCUT2D eigenvalue weighted by atomic mass is 10.1. The first-order valence-electron chi connectivity index (χ1n) is 7.45. The highest BCUT2D eigenvalue weighted by molar-refractivity contribution is 5.91. The van der Waals surface area contributed by atoms with E-state index >= 15 is 0 Å². The number of nitrogens with zero attached hydrogens (tertiary/aromatic N) is 2. The molecule has 0 fully saturated rings. The molecular formula is C16H20N2O5. The SMILES string of the molecule is CCCOC(=O)c1cccc(OCC)c1COc1ccn(O)n1. The Morgan fingerprint density at radius 2 is 2.09 bits per heavy atom. The Morgan fingerprint density at radius 3 is 2.74 bits per heavy atom. The number of esters is 1. The van der Waals surface area contributed by atoms with Crippen LogP contribution in [-0.4, -0.2) is 34.3 Å². The summed E-state index contributed by atoms with van der Waals surface area (Å²) in [7, 11) is 0. The highest BCUT2D eigenvalue weighted by Gasteiger charge is 2.18. The van der Waals surface area contributed by atoms with E-state index < -0.39 is 5.97 Å². The maximum absolute atomic E-state index is 12.2. The van der Waals surface area contributed by atoms with Crippen molar-refractivity contribution in [2.75, 3.05) is 13.2 Å². The molecule has 23 heavy (non-hydrogen) atoms. The van der Waals surface area contributed by atoms with E-state index in [2.05, 4.69) is 5.10 Å². The lowest BCUT2D eigenvalue weighted by Gasteiger charge is -2.14. The largest absolute Gasteiger partial charge is 0.493 e. The highest BCUT2D eigenvalue weighted by Crippen LogP contribution is 2.25. The molecule has 0 aliphatic heterocycles. The van der Waals surface area contributed by atoms with Crippen LogP contribution in [0, 0.1) is 0 Å². The van der Waals surface area contributed by atoms with Crippen molar-refractivity contribution in [2.24, 2.45) is 0 Å². The fourth-order valence-electron chi connectivity index (χ4n) is 1.99. The Kier molecular flexibility index (Phi) is 5.85. The standard InChI is InChI=1S/C16H20N2O5/c1-3-10-22-16(19)12-6-5-7-14(21-4-2)13(12)11-23-15-8-9-18(20)17-15/h5-9,20H,3-4,10-11H2,1-2H3. The first-order valence-corrected chi connectivity index (χ1v) is 7.45. The summed E-state index contributed by atoms with van der Waals surface area (Å²) < 4.78 is 16.3. The van der Waals surface area contributed by atoms with Gasteiger partial charge in [0, 0.05) is 11.6 Å². The first kappa shape index (κ1) is 16.7. The van der Waals surface area contributed by atoms with Gasteiger partial charge in [-0.1, -0.05) is 18.1 Å². The van der Waals surface area contributed by atoms with Gasteiger partial charge in [-0.25, -0.2) is 4.79 Å². The van der Waals surface area contributed by atoms with Gasteiger partial charge in [-0.3, -0.25) is 0 Å². The molecular weight excluding hydrogens is 300 g/mol. The van der Waals surface area contributed by atoms with E-state index in [4.69, 9.17) is 19.4 Å². The fourth-order valence-corrected chi connectivity index (χ4v) is 1.99. The fraction of sp³-hybridized carbons (Fsp3) is 0.375. The maximum Gasteiger partial charge on any atom is 0.338 e. The van der Waals surface area contributed by atoms with E-state index in [1.165, 1.54) is 12.3 Å². The molecule has 0 unspecified atom stereocenters. The lowest BCUT2D eigenvalue weighted by Crippen LogP contribution is -2.12. The van der Waals surface area contributed by atoms with Crippen molar-refractivity contribution in [2.45, 2.75) is 26.9 Å². The molecule has 0 saturated heterocycles. The van der Waals surface area contributed by atoms with Crippen molar-refractivity contribution in [3.8, 4) is 11.6 Å². The topological polar surface area (TPSA) is 82.8 Å². The molecule has 1 aromatic carbocycles. The normalized spacial score (nSPS) is 10.3. The zero-order valence-electron chi connectivity index (χ0n) is 13.2. The molecule has 0 spiro atoms. The monoisotopic (exact) mass is 320 g/mol. The van der Waals surface area contributed by atoms with Crippen LogP contribution in [0.3, 0.4) is 0 Å². The molecule has 1 heterocycles. The number of carbonyl (C=O) groups excluding carboxylic acids is 1. The number of hydrogen-bond acceptors (Lipinski definition) is 6. The Hall–Kier alpha value is -2.70. The van der Waals surface area contributed by atoms with Gasteiger partial charge in [-0.05, 0) is 25.5 Å². The van der Waals surface area contributed by atoms with Gasteiger partial charge < -0.3 is 19.4 Å². The van der Waals surface area contributed by atoms with E-state index in [0.29, 0.717) is 34.9 Å². The molecule has 0 bridgehead atoms. The molecule has 0 radical (unpaired) electrons. The van der Waals surface area contributed by atoms with Gasteiger partial charge in [-0.2, -0.15) is 0 Å². The van der Waals surface area contributed by atoms with Gasteiger partial charge in [0.2, 0.25) is 5.88 Å². The third-order valence-corrected chi connectivity index (χ3v) is 3.01. The Morgan fingerprint density at radius 1 is 1.26 bits per heavy atom. The summed E-state index contributed by atoms with van der Waals surface area (Å²) in [5, 5.41) is 12.9. The van der Waals surface area contributed by atoms with Gasteiger partial charge in [0.15, 0.2) is 0 Å². The molecule has 2 aromatic rings. The Balaban J connectivity index is 2.23. The Labute approximate surface area is 134 Å². The van der Waals surface area contributed by atoms with Crippen LogP contribution < -0.4 is 9.47 Å². The van der Waals surface area contributed by atoms with Gasteiger partial charge in [0.1, 0.15) is 12.4 Å². The summed E-state index contributed by atoms with van der Waals surface area (Å²) in [6.45, 7) is 4.68. The molecule has 0 saturated carbocycles. The van der Waals surface area contributed by atoms with Crippen molar-refractivity contribution in [3.63, 3.8) is 0 Å². The summed E-state index contributed by atoms with van der Waals surface area (Å²) in [5.74, 6) is 0.383. The van der Waals surface area contributed by atoms with Crippen LogP contribution in [0.25, 0.3) is 0 Å². The number of aromatic nitrogens is 2. The second kappa shape index (κ2) is 8.07. The minimum Gasteiger partial charge on any atom is -0.493 e. The smallest absolute Gasteiger partial charge is 0.338 e. The van der Waals surface area contributed by atoms with Crippen molar-refractivity contribution >= 4 is 5.97 Å². The minimum atomic E-state index is -0.417. The van der Waals surface area contributed by atoms with Crippen molar-refractivity contribution in [3.05, 3.63) is 41.6 Å². The van der Waals surface area contributed by atoms with Crippen molar-refractivity contribution in [1.29, 1.82) is 0 Å². The second-order valence-corrected chi connectivity index (χ2v) is 4.71. The summed E-state index contributed by atoms with van der Waals surface area (Å²) in [6.07, 6.45) is 2.09. The molecule has 124 valence electrons. The van der Waals surface area contributed by atoms with E-state index in [1.54, 1.807) is 18.2 Å². The van der Waals surface area contributed by atoms with Crippen LogP contribution in [0.2, 0.25) is 0 Å². The van der Waals surface area contributed by atoms with Crippen LogP contribution >= 0.6 is 0 Å². The third-order valence-electron chi connectivity index (χ3n) is 3.01. The molecule has 0 aliphatic rings. The van der Waals surface area contributed by atoms with Crippen LogP contribution in [0.15, 0.2) is 30.5 Å². The predicted octanol–water partition coefficient (Wildman–Crippen LogP) is 2.66. The molecule has 0 amide bonds. The van der Waals surface area contributed by atoms with E-state index in [9.17, 15) is 4.79 Å². The summed E-state index contributed by atoms with van der Waals surface area (Å²) in [6, 6.07) is 6.69. The van der Waals surface area contributed by atoms with E-state index in [1.807, 2.05) is 13.8 Å². The minimum absolute atomic E-state index is 0.0732. The van der Waals surface area contributed by atoms with Crippen LogP contribution in [0.5, 0.6) is 11.6 Å². The van der Waals surface area contributed by atoms with Crippen LogP contribution in [0.4, 0.5) is 0 Å². The predicted molar refractivity (Wildman–Crippen MR) is 81.9 cm³/mol. The van der Waals surface area contributed by atoms with Gasteiger partial charge in [-0.15, -0.1) is 4.85 Å². The van der Waals surface area contributed by atoms with E-state index in [0.717, 1.165) is 6.42 Å². The van der Waals surface area contributed by atoms with Gasteiger partial charge >= 0.3 is 5.97 Å². The van der Waals surface area contributed by atoms with Crippen LogP contribution in [-0.2, 0) is 11.3 Å². The van der Waals surface area contributed by atoms with E-state index in [-0.39, 0.29) is 12.5 Å². The zero-order chi connectivity index (χ0) is 16.7. The molecule has 0 aliphatic carbocycles. The summed E-state index contributed by atoms with van der Waals surface area (Å²) in [5.41, 5.74) is 0.982. The zero-order valence-corrected chi connectivity index (χ0v) is 13.2. The molecule has 0 atom stereocenters. The molecule has 1 N–H and O–H groups in total. The maximum atomic E-state index is 12.2. The molecule has 2 rings (SSSR count). The molecule has 1 aromatic heterocycles. The van der Waals surface area contributed by atoms with Gasteiger partial charge in [0.25, 0.3) is 0 Å². The third kappa shape index (κ3) is 4.38. The molecule has 7 nitrogen and oxygen atoms in total. The average molecular weight is 320 g/mol. The average Bonchev–Trinajstić information content (AvgIpc) is 2.97. The number of ether oxygens (including phenoxy) is 3. The quantitative estimate of drug-likeness (QED) is 0.595. The van der Waals surface area contributed by atoms with Gasteiger partial charge in [0.05, 0.1) is 25.0 Å². The number of rotatable bonds is 8. The molecule has 7 heteroatoms. The number of carbonyl (C=O) groups is 1. The second-order valence-electron chi connectivity index (χ2n) is 4.71. The van der Waals surface area contributed by atoms with Crippen LogP contribution in [0.1, 0.15) is 36.2 Å². The Bertz CT molecular complexity index is 654. The van der Waals surface area contributed by atoms with Crippen molar-refractivity contribution in [1.82, 2.24) is 9.94 Å². The number of benzene rings is 1.